The molecule has 2 aromatic rings. The van der Waals surface area contributed by atoms with Gasteiger partial charge in [0.1, 0.15) is 5.82 Å². The highest BCUT2D eigenvalue weighted by Gasteiger charge is 2.40. The Bertz CT molecular complexity index is 793. The van der Waals surface area contributed by atoms with E-state index >= 15 is 0 Å². The number of amides is 1. The molecule has 4 nitrogen and oxygen atoms in total. The predicted octanol–water partition coefficient (Wildman–Crippen LogP) is 4.02. The lowest BCUT2D eigenvalue weighted by Crippen LogP contribution is -2.50. The highest BCUT2D eigenvalue weighted by molar-refractivity contribution is 5.94. The second-order valence-corrected chi connectivity index (χ2v) is 7.71. The minimum atomic E-state index is -0.292. The van der Waals surface area contributed by atoms with Gasteiger partial charge in [0.05, 0.1) is 11.3 Å². The summed E-state index contributed by atoms with van der Waals surface area (Å²) in [5.74, 6) is -0.359. The standard InChI is InChI=1S/C22H26FN3O/c1-2-10-26-19-7-8-20(26)13-18(12-19)25-22(27)16-6-9-21(24-14-16)15-4-3-5-17(23)11-15/h3-6,9,11,14,18-20H,2,7-8,10,12-13H2,1H3,(H,25,27). The molecule has 5 heteroatoms. The van der Waals surface area contributed by atoms with E-state index in [-0.39, 0.29) is 17.8 Å². The summed E-state index contributed by atoms with van der Waals surface area (Å²) >= 11 is 0. The van der Waals surface area contributed by atoms with Crippen LogP contribution >= 0.6 is 0 Å². The van der Waals surface area contributed by atoms with Gasteiger partial charge in [0, 0.05) is 29.9 Å². The average molecular weight is 367 g/mol. The van der Waals surface area contributed by atoms with Crippen molar-refractivity contribution in [2.24, 2.45) is 0 Å². The van der Waals surface area contributed by atoms with Crippen LogP contribution in [0.15, 0.2) is 42.6 Å². The van der Waals surface area contributed by atoms with Crippen molar-refractivity contribution in [3.8, 4) is 11.3 Å². The Labute approximate surface area is 159 Å². The molecule has 1 N–H and O–H groups in total. The van der Waals surface area contributed by atoms with Crippen LogP contribution in [0.1, 0.15) is 49.4 Å². The van der Waals surface area contributed by atoms with E-state index in [0.717, 1.165) is 12.8 Å². The number of hydrogen-bond acceptors (Lipinski definition) is 3. The average Bonchev–Trinajstić information content (AvgIpc) is 2.91. The number of pyridine rings is 1. The molecule has 2 atom stereocenters. The smallest absolute Gasteiger partial charge is 0.253 e. The third-order valence-corrected chi connectivity index (χ3v) is 5.85. The normalized spacial score (nSPS) is 24.7. The van der Waals surface area contributed by atoms with Crippen molar-refractivity contribution in [2.45, 2.75) is 57.2 Å². The van der Waals surface area contributed by atoms with Gasteiger partial charge in [0.15, 0.2) is 0 Å². The maximum Gasteiger partial charge on any atom is 0.253 e. The van der Waals surface area contributed by atoms with Gasteiger partial charge in [-0.2, -0.15) is 0 Å². The number of halogens is 1. The first kappa shape index (κ1) is 18.1. The van der Waals surface area contributed by atoms with Crippen LogP contribution in [0, 0.1) is 5.82 Å². The number of piperidine rings is 1. The lowest BCUT2D eigenvalue weighted by Gasteiger charge is -2.39. The number of aromatic nitrogens is 1. The molecule has 0 spiro atoms. The van der Waals surface area contributed by atoms with Gasteiger partial charge < -0.3 is 5.32 Å². The molecule has 2 unspecified atom stereocenters. The number of carbonyl (C=O) groups excluding carboxylic acids is 1. The van der Waals surface area contributed by atoms with E-state index in [9.17, 15) is 9.18 Å². The highest BCUT2D eigenvalue weighted by Crippen LogP contribution is 2.35. The molecule has 1 amide bonds. The molecule has 142 valence electrons. The minimum absolute atomic E-state index is 0.0679. The van der Waals surface area contributed by atoms with Crippen molar-refractivity contribution in [1.82, 2.24) is 15.2 Å². The Morgan fingerprint density at radius 2 is 2.00 bits per heavy atom. The van der Waals surface area contributed by atoms with Gasteiger partial charge in [-0.1, -0.05) is 19.1 Å². The topological polar surface area (TPSA) is 45.2 Å². The van der Waals surface area contributed by atoms with Crippen molar-refractivity contribution < 1.29 is 9.18 Å². The van der Waals surface area contributed by atoms with Crippen LogP contribution < -0.4 is 5.32 Å². The third-order valence-electron chi connectivity index (χ3n) is 5.85. The van der Waals surface area contributed by atoms with Crippen LogP contribution in [0.2, 0.25) is 0 Å². The zero-order valence-corrected chi connectivity index (χ0v) is 15.7. The summed E-state index contributed by atoms with van der Waals surface area (Å²) in [4.78, 5) is 19.6. The van der Waals surface area contributed by atoms with Gasteiger partial charge in [-0.05, 0) is 62.9 Å². The second-order valence-electron chi connectivity index (χ2n) is 7.71. The maximum atomic E-state index is 13.4. The second kappa shape index (κ2) is 7.77. The van der Waals surface area contributed by atoms with Crippen LogP contribution in [0.3, 0.4) is 0 Å². The summed E-state index contributed by atoms with van der Waals surface area (Å²) in [5, 5.41) is 3.20. The van der Waals surface area contributed by atoms with Crippen molar-refractivity contribution in [3.63, 3.8) is 0 Å². The number of fused-ring (bicyclic) bond motifs is 2. The molecule has 2 aliphatic rings. The Hall–Kier alpha value is -2.27. The van der Waals surface area contributed by atoms with Gasteiger partial charge in [-0.3, -0.25) is 14.7 Å². The van der Waals surface area contributed by atoms with Crippen molar-refractivity contribution in [3.05, 3.63) is 54.0 Å². The fourth-order valence-corrected chi connectivity index (χ4v) is 4.63. The van der Waals surface area contributed by atoms with Gasteiger partial charge in [0.2, 0.25) is 0 Å². The van der Waals surface area contributed by atoms with Crippen LogP contribution in [0.4, 0.5) is 4.39 Å². The first-order valence-electron chi connectivity index (χ1n) is 9.92. The minimum Gasteiger partial charge on any atom is -0.349 e. The van der Waals surface area contributed by atoms with Gasteiger partial charge in [0.25, 0.3) is 5.91 Å². The summed E-state index contributed by atoms with van der Waals surface area (Å²) in [7, 11) is 0. The monoisotopic (exact) mass is 367 g/mol. The first-order valence-corrected chi connectivity index (χ1v) is 9.92. The molecule has 1 aromatic heterocycles. The number of hydrogen-bond donors (Lipinski definition) is 1. The highest BCUT2D eigenvalue weighted by atomic mass is 19.1. The van der Waals surface area contributed by atoms with Gasteiger partial charge in [-0.15, -0.1) is 0 Å². The molecule has 27 heavy (non-hydrogen) atoms. The van der Waals surface area contributed by atoms with Crippen molar-refractivity contribution in [1.29, 1.82) is 0 Å². The fourth-order valence-electron chi connectivity index (χ4n) is 4.63. The summed E-state index contributed by atoms with van der Waals surface area (Å²) < 4.78 is 13.4. The quantitative estimate of drug-likeness (QED) is 0.868. The predicted molar refractivity (Wildman–Crippen MR) is 104 cm³/mol. The number of rotatable bonds is 5. The molecular weight excluding hydrogens is 341 g/mol. The molecule has 2 fully saturated rings. The van der Waals surface area contributed by atoms with Crippen LogP contribution in [0.25, 0.3) is 11.3 Å². The van der Waals surface area contributed by atoms with E-state index in [4.69, 9.17) is 0 Å². The molecule has 0 saturated carbocycles. The zero-order chi connectivity index (χ0) is 18.8. The molecule has 2 bridgehead atoms. The third kappa shape index (κ3) is 3.88. The lowest BCUT2D eigenvalue weighted by molar-refractivity contribution is 0.0845. The Morgan fingerprint density at radius 3 is 2.63 bits per heavy atom. The summed E-state index contributed by atoms with van der Waals surface area (Å²) in [6.45, 7) is 3.40. The number of benzene rings is 1. The maximum absolute atomic E-state index is 13.4. The Morgan fingerprint density at radius 1 is 1.22 bits per heavy atom. The molecule has 0 aliphatic carbocycles. The number of carbonyl (C=O) groups is 1. The Balaban J connectivity index is 1.39. The SMILES string of the molecule is CCCN1C2CCC1CC(NC(=O)c1ccc(-c3cccc(F)c3)nc1)C2. The Kier molecular flexibility index (Phi) is 5.21. The van der Waals surface area contributed by atoms with Gasteiger partial charge >= 0.3 is 0 Å². The van der Waals surface area contributed by atoms with E-state index in [1.807, 2.05) is 6.07 Å². The fraction of sp³-hybridized carbons (Fsp3) is 0.455. The van der Waals surface area contributed by atoms with Gasteiger partial charge in [-0.25, -0.2) is 4.39 Å². The number of nitrogens with one attached hydrogen (secondary N) is 1. The molecule has 3 heterocycles. The van der Waals surface area contributed by atoms with E-state index in [0.29, 0.717) is 28.9 Å². The molecule has 2 aliphatic heterocycles. The van der Waals surface area contributed by atoms with Crippen LogP contribution in [-0.2, 0) is 0 Å². The van der Waals surface area contributed by atoms with E-state index in [1.165, 1.54) is 37.9 Å². The summed E-state index contributed by atoms with van der Waals surface area (Å²) in [5.41, 5.74) is 1.93. The van der Waals surface area contributed by atoms with Crippen molar-refractivity contribution >= 4 is 5.91 Å². The largest absolute Gasteiger partial charge is 0.349 e. The van der Waals surface area contributed by atoms with Crippen molar-refractivity contribution in [2.75, 3.05) is 6.54 Å². The zero-order valence-electron chi connectivity index (χ0n) is 15.7. The molecular formula is C22H26FN3O. The molecule has 2 saturated heterocycles. The summed E-state index contributed by atoms with van der Waals surface area (Å²) in [6, 6.07) is 11.3. The number of nitrogens with zero attached hydrogens (tertiary/aromatic N) is 2. The molecule has 1 aromatic carbocycles. The van der Waals surface area contributed by atoms with E-state index < -0.39 is 0 Å². The molecule has 0 radical (unpaired) electrons. The van der Waals surface area contributed by atoms with Crippen LogP contribution in [0.5, 0.6) is 0 Å². The lowest BCUT2D eigenvalue weighted by atomic mass is 9.96. The molecule has 4 rings (SSSR count). The van der Waals surface area contributed by atoms with Crippen LogP contribution in [-0.4, -0.2) is 40.5 Å². The summed E-state index contributed by atoms with van der Waals surface area (Å²) in [6.07, 6.45) is 7.35. The van der Waals surface area contributed by atoms with E-state index in [1.54, 1.807) is 24.4 Å². The van der Waals surface area contributed by atoms with E-state index in [2.05, 4.69) is 22.1 Å². The first-order chi connectivity index (χ1) is 13.1.